The van der Waals surface area contributed by atoms with E-state index >= 15 is 0 Å². The van der Waals surface area contributed by atoms with Crippen LogP contribution in [0.5, 0.6) is 17.2 Å². The summed E-state index contributed by atoms with van der Waals surface area (Å²) >= 11 is 6.12. The van der Waals surface area contributed by atoms with Gasteiger partial charge in [-0.25, -0.2) is 9.18 Å². The van der Waals surface area contributed by atoms with Crippen molar-refractivity contribution in [1.82, 2.24) is 0 Å². The lowest BCUT2D eigenvalue weighted by molar-refractivity contribution is 0.0718. The van der Waals surface area contributed by atoms with Gasteiger partial charge in [0.1, 0.15) is 12.2 Å². The smallest absolute Gasteiger partial charge is 0.347 e. The molecule has 0 bridgehead atoms. The molecule has 3 aromatic carbocycles. The van der Waals surface area contributed by atoms with Crippen molar-refractivity contribution in [2.24, 2.45) is 0 Å². The number of ether oxygens (including phenoxy) is 2. The van der Waals surface area contributed by atoms with E-state index in [1.165, 1.54) is 18.2 Å². The third kappa shape index (κ3) is 4.34. The molecule has 4 nitrogen and oxygen atoms in total. The second-order valence-electron chi connectivity index (χ2n) is 5.61. The zero-order chi connectivity index (χ0) is 20.3. The maximum Gasteiger partial charge on any atom is 0.347 e. The highest BCUT2D eigenvalue weighted by atomic mass is 79.9. The number of hydrogen-bond acceptors (Lipinski definition) is 4. The zero-order valence-corrected chi connectivity index (χ0v) is 17.3. The standard InChI is InChI=1S/C20H12Br2F2O4/c21-12-6-8-14(25)17(23)16(12)20(26)28-19-13(22)7-9-15(18(19)24)27-10-11-4-2-1-3-5-11/h1-9,25H,10H2. The third-order valence-electron chi connectivity index (χ3n) is 3.72. The van der Waals surface area contributed by atoms with Crippen LogP contribution in [0.15, 0.2) is 63.5 Å². The molecular weight excluding hydrogens is 502 g/mol. The van der Waals surface area contributed by atoms with Crippen LogP contribution >= 0.6 is 31.9 Å². The highest BCUT2D eigenvalue weighted by Crippen LogP contribution is 2.36. The molecule has 0 atom stereocenters. The first-order valence-electron chi connectivity index (χ1n) is 7.92. The molecule has 0 heterocycles. The normalized spacial score (nSPS) is 10.6. The summed E-state index contributed by atoms with van der Waals surface area (Å²) in [5, 5.41) is 9.46. The summed E-state index contributed by atoms with van der Waals surface area (Å²) in [5.41, 5.74) is 0.274. The second-order valence-corrected chi connectivity index (χ2v) is 7.32. The predicted molar refractivity (Wildman–Crippen MR) is 106 cm³/mol. The summed E-state index contributed by atoms with van der Waals surface area (Å²) in [4.78, 5) is 12.4. The van der Waals surface area contributed by atoms with Crippen LogP contribution in [-0.2, 0) is 6.61 Å². The van der Waals surface area contributed by atoms with Gasteiger partial charge in [0.05, 0.1) is 4.47 Å². The Bertz CT molecular complexity index is 1030. The fourth-order valence-corrected chi connectivity index (χ4v) is 3.18. The minimum atomic E-state index is -1.18. The van der Waals surface area contributed by atoms with Crippen LogP contribution in [0.4, 0.5) is 8.78 Å². The van der Waals surface area contributed by atoms with E-state index in [1.54, 1.807) is 0 Å². The Morgan fingerprint density at radius 2 is 1.61 bits per heavy atom. The predicted octanol–water partition coefficient (Wildman–Crippen LogP) is 5.99. The average molecular weight is 514 g/mol. The topological polar surface area (TPSA) is 55.8 Å². The molecule has 0 unspecified atom stereocenters. The van der Waals surface area contributed by atoms with Crippen LogP contribution in [0, 0.1) is 11.6 Å². The quantitative estimate of drug-likeness (QED) is 0.336. The largest absolute Gasteiger partial charge is 0.505 e. The van der Waals surface area contributed by atoms with Gasteiger partial charge in [-0.3, -0.25) is 0 Å². The Labute approximate surface area is 176 Å². The van der Waals surface area contributed by atoms with Crippen LogP contribution < -0.4 is 9.47 Å². The number of carbonyl (C=O) groups excluding carboxylic acids is 1. The fraction of sp³-hybridized carbons (Fsp3) is 0.0500. The number of phenols is 1. The van der Waals surface area contributed by atoms with Gasteiger partial charge in [-0.05, 0) is 61.7 Å². The highest BCUT2D eigenvalue weighted by Gasteiger charge is 2.24. The summed E-state index contributed by atoms with van der Waals surface area (Å²) < 4.78 is 39.6. The van der Waals surface area contributed by atoms with Crippen LogP contribution in [0.2, 0.25) is 0 Å². The van der Waals surface area contributed by atoms with Gasteiger partial charge < -0.3 is 14.6 Å². The van der Waals surface area contributed by atoms with Gasteiger partial charge in [-0.15, -0.1) is 0 Å². The molecule has 0 saturated heterocycles. The van der Waals surface area contributed by atoms with Crippen molar-refractivity contribution >= 4 is 37.8 Å². The maximum atomic E-state index is 14.8. The number of rotatable bonds is 5. The van der Waals surface area contributed by atoms with Crippen molar-refractivity contribution in [2.45, 2.75) is 6.61 Å². The van der Waals surface area contributed by atoms with E-state index in [-0.39, 0.29) is 21.3 Å². The molecule has 3 rings (SSSR count). The number of esters is 1. The Kier molecular flexibility index (Phi) is 6.31. The first kappa shape index (κ1) is 20.3. The molecular formula is C20H12Br2F2O4. The van der Waals surface area contributed by atoms with Crippen LogP contribution in [-0.4, -0.2) is 11.1 Å². The van der Waals surface area contributed by atoms with Crippen molar-refractivity contribution in [2.75, 3.05) is 0 Å². The number of carbonyl (C=O) groups is 1. The molecule has 28 heavy (non-hydrogen) atoms. The van der Waals surface area contributed by atoms with E-state index in [9.17, 15) is 18.7 Å². The SMILES string of the molecule is O=C(Oc1c(Br)ccc(OCc2ccccc2)c1F)c1c(Br)ccc(O)c1F. The second kappa shape index (κ2) is 8.70. The molecule has 0 aliphatic rings. The van der Waals surface area contributed by atoms with Gasteiger partial charge in [0.2, 0.25) is 5.82 Å². The molecule has 144 valence electrons. The van der Waals surface area contributed by atoms with Gasteiger partial charge in [-0.1, -0.05) is 30.3 Å². The molecule has 8 heteroatoms. The number of halogens is 4. The van der Waals surface area contributed by atoms with Crippen molar-refractivity contribution < 1.29 is 28.2 Å². The monoisotopic (exact) mass is 512 g/mol. The molecule has 0 radical (unpaired) electrons. The van der Waals surface area contributed by atoms with Gasteiger partial charge in [-0.2, -0.15) is 4.39 Å². The van der Waals surface area contributed by atoms with Crippen molar-refractivity contribution in [1.29, 1.82) is 0 Å². The Morgan fingerprint density at radius 3 is 2.32 bits per heavy atom. The summed E-state index contributed by atoms with van der Waals surface area (Å²) in [7, 11) is 0. The maximum absolute atomic E-state index is 14.8. The van der Waals surface area contributed by atoms with E-state index in [1.807, 2.05) is 30.3 Å². The zero-order valence-electron chi connectivity index (χ0n) is 14.1. The van der Waals surface area contributed by atoms with Crippen LogP contribution in [0.3, 0.4) is 0 Å². The highest BCUT2D eigenvalue weighted by molar-refractivity contribution is 9.10. The Hall–Kier alpha value is -2.45. The lowest BCUT2D eigenvalue weighted by Crippen LogP contribution is -2.13. The lowest BCUT2D eigenvalue weighted by atomic mass is 10.2. The summed E-state index contributed by atoms with van der Waals surface area (Å²) in [6.07, 6.45) is 0. The molecule has 0 aliphatic heterocycles. The van der Waals surface area contributed by atoms with Crippen LogP contribution in [0.25, 0.3) is 0 Å². The van der Waals surface area contributed by atoms with Gasteiger partial charge in [0.25, 0.3) is 0 Å². The van der Waals surface area contributed by atoms with Gasteiger partial charge >= 0.3 is 5.97 Å². The van der Waals surface area contributed by atoms with Crippen molar-refractivity contribution in [3.63, 3.8) is 0 Å². The van der Waals surface area contributed by atoms with E-state index in [0.717, 1.165) is 11.6 Å². The van der Waals surface area contributed by atoms with E-state index in [4.69, 9.17) is 9.47 Å². The van der Waals surface area contributed by atoms with Gasteiger partial charge in [0, 0.05) is 4.47 Å². The summed E-state index contributed by atoms with van der Waals surface area (Å²) in [6.45, 7) is 0.111. The first-order valence-corrected chi connectivity index (χ1v) is 9.51. The first-order chi connectivity index (χ1) is 13.4. The lowest BCUT2D eigenvalue weighted by Gasteiger charge is -2.13. The minimum Gasteiger partial charge on any atom is -0.505 e. The number of hydrogen-bond donors (Lipinski definition) is 1. The van der Waals surface area contributed by atoms with E-state index < -0.39 is 34.7 Å². The summed E-state index contributed by atoms with van der Waals surface area (Å²) in [5.74, 6) is -4.59. The van der Waals surface area contributed by atoms with E-state index in [0.29, 0.717) is 0 Å². The molecule has 0 fully saturated rings. The minimum absolute atomic E-state index is 0.0563. The number of aromatic hydroxyl groups is 1. The van der Waals surface area contributed by atoms with Crippen LogP contribution in [0.1, 0.15) is 15.9 Å². The molecule has 0 spiro atoms. The molecule has 0 aromatic heterocycles. The van der Waals surface area contributed by atoms with Gasteiger partial charge in [0.15, 0.2) is 23.1 Å². The molecule has 3 aromatic rings. The summed E-state index contributed by atoms with van der Waals surface area (Å²) in [6, 6.07) is 14.3. The Balaban J connectivity index is 1.86. The molecule has 0 saturated carbocycles. The van der Waals surface area contributed by atoms with Crippen molar-refractivity contribution in [3.8, 4) is 17.2 Å². The average Bonchev–Trinajstić information content (AvgIpc) is 2.68. The number of phenolic OH excluding ortho intramolecular Hbond substituents is 1. The van der Waals surface area contributed by atoms with E-state index in [2.05, 4.69) is 31.9 Å². The number of benzene rings is 3. The molecule has 1 N–H and O–H groups in total. The fourth-order valence-electron chi connectivity index (χ4n) is 2.33. The molecule has 0 amide bonds. The molecule has 0 aliphatic carbocycles. The third-order valence-corrected chi connectivity index (χ3v) is 5.01. The Morgan fingerprint density at radius 1 is 0.929 bits per heavy atom. The van der Waals surface area contributed by atoms with Crippen molar-refractivity contribution in [3.05, 3.63) is 86.3 Å².